The summed E-state index contributed by atoms with van der Waals surface area (Å²) in [5.74, 6) is 0. The Morgan fingerprint density at radius 3 is 2.67 bits per heavy atom. The molecule has 0 aliphatic carbocycles. The van der Waals surface area contributed by atoms with Gasteiger partial charge in [0.25, 0.3) is 0 Å². The maximum atomic E-state index is 8.66. The van der Waals surface area contributed by atoms with Crippen molar-refractivity contribution in [3.05, 3.63) is 0 Å². The van der Waals surface area contributed by atoms with E-state index in [1.165, 1.54) is 25.9 Å². The van der Waals surface area contributed by atoms with Gasteiger partial charge in [-0.1, -0.05) is 12.8 Å². The van der Waals surface area contributed by atoms with Crippen molar-refractivity contribution in [2.45, 2.75) is 57.5 Å². The van der Waals surface area contributed by atoms with Crippen LogP contribution in [0.1, 0.15) is 45.4 Å². The first-order valence-electron chi connectivity index (χ1n) is 6.34. The Kier molecular flexibility index (Phi) is 6.22. The van der Waals surface area contributed by atoms with Gasteiger partial charge in [0.15, 0.2) is 0 Å². The Bertz CT molecular complexity index is 164. The molecule has 0 amide bonds. The first-order chi connectivity index (χ1) is 7.24. The Morgan fingerprint density at radius 2 is 2.00 bits per heavy atom. The lowest BCUT2D eigenvalue weighted by Gasteiger charge is -2.36. The van der Waals surface area contributed by atoms with Crippen molar-refractivity contribution in [2.24, 2.45) is 5.73 Å². The molecule has 0 bridgehead atoms. The van der Waals surface area contributed by atoms with Crippen molar-refractivity contribution in [1.29, 1.82) is 0 Å². The van der Waals surface area contributed by atoms with Gasteiger partial charge in [0.2, 0.25) is 0 Å². The molecule has 0 radical (unpaired) electrons. The largest absolute Gasteiger partial charge is 0.396 e. The smallest absolute Gasteiger partial charge is 0.0431 e. The summed E-state index contributed by atoms with van der Waals surface area (Å²) in [6.45, 7) is 5.00. The molecule has 0 aromatic heterocycles. The second kappa shape index (κ2) is 7.20. The monoisotopic (exact) mass is 214 g/mol. The quantitative estimate of drug-likeness (QED) is 0.656. The van der Waals surface area contributed by atoms with Crippen molar-refractivity contribution in [2.75, 3.05) is 19.7 Å². The number of aliphatic hydroxyl groups is 1. The van der Waals surface area contributed by atoms with E-state index in [0.29, 0.717) is 18.7 Å². The van der Waals surface area contributed by atoms with Crippen LogP contribution in [-0.4, -0.2) is 41.8 Å². The molecule has 1 heterocycles. The SMILES string of the molecule is CC1CC(N)CCN1CCCCCCO. The van der Waals surface area contributed by atoms with Gasteiger partial charge in [-0.3, -0.25) is 0 Å². The first kappa shape index (κ1) is 12.9. The van der Waals surface area contributed by atoms with E-state index >= 15 is 0 Å². The van der Waals surface area contributed by atoms with Crippen molar-refractivity contribution >= 4 is 0 Å². The highest BCUT2D eigenvalue weighted by Gasteiger charge is 2.22. The summed E-state index contributed by atoms with van der Waals surface area (Å²) in [6, 6.07) is 1.08. The zero-order chi connectivity index (χ0) is 11.1. The van der Waals surface area contributed by atoms with E-state index in [1.54, 1.807) is 0 Å². The molecule has 3 heteroatoms. The van der Waals surface area contributed by atoms with Crippen LogP contribution in [0.15, 0.2) is 0 Å². The zero-order valence-electron chi connectivity index (χ0n) is 9.99. The van der Waals surface area contributed by atoms with Crippen LogP contribution in [0.4, 0.5) is 0 Å². The van der Waals surface area contributed by atoms with Gasteiger partial charge in [-0.2, -0.15) is 0 Å². The molecule has 3 N–H and O–H groups in total. The molecule has 0 aromatic carbocycles. The predicted molar refractivity (Wildman–Crippen MR) is 63.8 cm³/mol. The summed E-state index contributed by atoms with van der Waals surface area (Å²) < 4.78 is 0. The van der Waals surface area contributed by atoms with Crippen LogP contribution in [0.2, 0.25) is 0 Å². The lowest BCUT2D eigenvalue weighted by molar-refractivity contribution is 0.144. The fraction of sp³-hybridized carbons (Fsp3) is 1.00. The Hall–Kier alpha value is -0.120. The van der Waals surface area contributed by atoms with Gasteiger partial charge in [-0.25, -0.2) is 0 Å². The summed E-state index contributed by atoms with van der Waals surface area (Å²) in [5.41, 5.74) is 5.93. The predicted octanol–water partition coefficient (Wildman–Crippen LogP) is 1.35. The Balaban J connectivity index is 2.05. The minimum atomic E-state index is 0.342. The minimum absolute atomic E-state index is 0.342. The van der Waals surface area contributed by atoms with Gasteiger partial charge < -0.3 is 15.7 Å². The van der Waals surface area contributed by atoms with Gasteiger partial charge in [0.1, 0.15) is 0 Å². The molecule has 15 heavy (non-hydrogen) atoms. The Labute approximate surface area is 93.6 Å². The fourth-order valence-electron chi connectivity index (χ4n) is 2.37. The molecule has 1 aliphatic rings. The third-order valence-electron chi connectivity index (χ3n) is 3.41. The van der Waals surface area contributed by atoms with Crippen LogP contribution in [0, 0.1) is 0 Å². The molecule has 1 aliphatic heterocycles. The number of aliphatic hydroxyl groups excluding tert-OH is 1. The third kappa shape index (κ3) is 4.96. The number of hydrogen-bond donors (Lipinski definition) is 2. The molecule has 0 saturated carbocycles. The number of rotatable bonds is 6. The lowest BCUT2D eigenvalue weighted by Crippen LogP contribution is -2.45. The van der Waals surface area contributed by atoms with E-state index in [-0.39, 0.29) is 0 Å². The molecule has 0 spiro atoms. The van der Waals surface area contributed by atoms with E-state index < -0.39 is 0 Å². The summed E-state index contributed by atoms with van der Waals surface area (Å²) in [7, 11) is 0. The number of piperidine rings is 1. The van der Waals surface area contributed by atoms with Gasteiger partial charge >= 0.3 is 0 Å². The highest BCUT2D eigenvalue weighted by molar-refractivity contribution is 4.80. The van der Waals surface area contributed by atoms with Crippen molar-refractivity contribution in [3.63, 3.8) is 0 Å². The van der Waals surface area contributed by atoms with Crippen LogP contribution < -0.4 is 5.73 Å². The molecule has 1 rings (SSSR count). The van der Waals surface area contributed by atoms with E-state index in [2.05, 4.69) is 11.8 Å². The normalized spacial score (nSPS) is 28.2. The molecular formula is C12H26N2O. The van der Waals surface area contributed by atoms with Gasteiger partial charge in [-0.05, 0) is 45.7 Å². The van der Waals surface area contributed by atoms with Crippen LogP contribution in [-0.2, 0) is 0 Å². The summed E-state index contributed by atoms with van der Waals surface area (Å²) in [5, 5.41) is 8.66. The number of likely N-dealkylation sites (tertiary alicyclic amines) is 1. The summed E-state index contributed by atoms with van der Waals surface area (Å²) in [6.07, 6.45) is 6.94. The second-order valence-corrected chi connectivity index (χ2v) is 4.81. The van der Waals surface area contributed by atoms with E-state index in [1.807, 2.05) is 0 Å². The second-order valence-electron chi connectivity index (χ2n) is 4.81. The standard InChI is InChI=1S/C12H26N2O/c1-11-10-12(13)6-8-14(11)7-4-2-3-5-9-15/h11-12,15H,2-10,13H2,1H3. The molecular weight excluding hydrogens is 188 g/mol. The van der Waals surface area contributed by atoms with Crippen LogP contribution in [0.3, 0.4) is 0 Å². The van der Waals surface area contributed by atoms with Crippen molar-refractivity contribution in [3.8, 4) is 0 Å². The van der Waals surface area contributed by atoms with E-state index in [4.69, 9.17) is 10.8 Å². The molecule has 2 unspecified atom stereocenters. The van der Waals surface area contributed by atoms with Crippen molar-refractivity contribution in [1.82, 2.24) is 4.90 Å². The summed E-state index contributed by atoms with van der Waals surface area (Å²) in [4.78, 5) is 2.56. The lowest BCUT2D eigenvalue weighted by atomic mass is 9.99. The maximum absolute atomic E-state index is 8.66. The fourth-order valence-corrected chi connectivity index (χ4v) is 2.37. The number of hydrogen-bond acceptors (Lipinski definition) is 3. The van der Waals surface area contributed by atoms with E-state index in [9.17, 15) is 0 Å². The number of nitrogens with two attached hydrogens (primary N) is 1. The third-order valence-corrected chi connectivity index (χ3v) is 3.41. The van der Waals surface area contributed by atoms with Crippen molar-refractivity contribution < 1.29 is 5.11 Å². The molecule has 0 aromatic rings. The topological polar surface area (TPSA) is 49.5 Å². The number of unbranched alkanes of at least 4 members (excludes halogenated alkanes) is 3. The van der Waals surface area contributed by atoms with Crippen LogP contribution in [0.5, 0.6) is 0 Å². The summed E-state index contributed by atoms with van der Waals surface area (Å²) >= 11 is 0. The van der Waals surface area contributed by atoms with Crippen LogP contribution in [0.25, 0.3) is 0 Å². The molecule has 1 fully saturated rings. The first-order valence-corrected chi connectivity index (χ1v) is 6.34. The van der Waals surface area contributed by atoms with Gasteiger partial charge in [0, 0.05) is 18.7 Å². The van der Waals surface area contributed by atoms with Crippen LogP contribution >= 0.6 is 0 Å². The van der Waals surface area contributed by atoms with Gasteiger partial charge in [0.05, 0.1) is 0 Å². The number of nitrogens with zero attached hydrogens (tertiary/aromatic N) is 1. The molecule has 90 valence electrons. The van der Waals surface area contributed by atoms with E-state index in [0.717, 1.165) is 25.7 Å². The minimum Gasteiger partial charge on any atom is -0.396 e. The highest BCUT2D eigenvalue weighted by atomic mass is 16.2. The molecule has 1 saturated heterocycles. The zero-order valence-corrected chi connectivity index (χ0v) is 9.99. The maximum Gasteiger partial charge on any atom is 0.0431 e. The highest BCUT2D eigenvalue weighted by Crippen LogP contribution is 2.16. The molecule has 3 nitrogen and oxygen atoms in total. The average molecular weight is 214 g/mol. The van der Waals surface area contributed by atoms with Gasteiger partial charge in [-0.15, -0.1) is 0 Å². The molecule has 2 atom stereocenters. The average Bonchev–Trinajstić information content (AvgIpc) is 2.20. The Morgan fingerprint density at radius 1 is 1.27 bits per heavy atom.